The quantitative estimate of drug-likeness (QED) is 0.359. The van der Waals surface area contributed by atoms with E-state index in [1.54, 1.807) is 36.2 Å². The molecular weight excluding hydrogens is 420 g/mol. The van der Waals surface area contributed by atoms with Gasteiger partial charge in [0.05, 0.1) is 7.11 Å². The summed E-state index contributed by atoms with van der Waals surface area (Å²) in [6.07, 6.45) is 4.98. The van der Waals surface area contributed by atoms with Gasteiger partial charge in [-0.05, 0) is 55.0 Å². The van der Waals surface area contributed by atoms with Crippen LogP contribution in [0, 0.1) is 0 Å². The number of aryl methyl sites for hydroxylation is 1. The Morgan fingerprint density at radius 2 is 2.07 bits per heavy atom. The molecule has 144 valence electrons. The van der Waals surface area contributed by atoms with Gasteiger partial charge in [0.1, 0.15) is 23.8 Å². The van der Waals surface area contributed by atoms with Crippen molar-refractivity contribution in [2.75, 3.05) is 7.11 Å². The third-order valence-electron chi connectivity index (χ3n) is 4.19. The van der Waals surface area contributed by atoms with Gasteiger partial charge in [0.15, 0.2) is 0 Å². The summed E-state index contributed by atoms with van der Waals surface area (Å²) in [5.74, 6) is 1.42. The van der Waals surface area contributed by atoms with Gasteiger partial charge in [0.2, 0.25) is 5.78 Å². The van der Waals surface area contributed by atoms with Gasteiger partial charge < -0.3 is 9.47 Å². The molecule has 28 heavy (non-hydrogen) atoms. The minimum absolute atomic E-state index is 0.0814. The summed E-state index contributed by atoms with van der Waals surface area (Å²) in [5.41, 5.74) is 2.37. The van der Waals surface area contributed by atoms with Crippen LogP contribution in [0.15, 0.2) is 65.3 Å². The SMILES string of the molecule is CCn1nccc1C(=O)/C=C/c1ccc(OC)c(COc2cccc(Br)c2)c1. The van der Waals surface area contributed by atoms with E-state index in [-0.39, 0.29) is 5.78 Å². The van der Waals surface area contributed by atoms with Crippen LogP contribution >= 0.6 is 15.9 Å². The van der Waals surface area contributed by atoms with E-state index < -0.39 is 0 Å². The van der Waals surface area contributed by atoms with Gasteiger partial charge >= 0.3 is 0 Å². The van der Waals surface area contributed by atoms with Crippen LogP contribution in [0.2, 0.25) is 0 Å². The highest BCUT2D eigenvalue weighted by atomic mass is 79.9. The molecule has 2 aromatic carbocycles. The first-order valence-corrected chi connectivity index (χ1v) is 9.69. The molecule has 0 unspecified atom stereocenters. The third-order valence-corrected chi connectivity index (χ3v) is 4.68. The Hall–Kier alpha value is -2.86. The topological polar surface area (TPSA) is 53.4 Å². The molecule has 5 nitrogen and oxygen atoms in total. The number of halogens is 1. The number of aromatic nitrogens is 2. The molecule has 0 N–H and O–H groups in total. The van der Waals surface area contributed by atoms with Crippen LogP contribution in [0.1, 0.15) is 28.5 Å². The van der Waals surface area contributed by atoms with Crippen LogP contribution in [0.4, 0.5) is 0 Å². The molecule has 0 saturated carbocycles. The highest BCUT2D eigenvalue weighted by molar-refractivity contribution is 9.10. The number of hydrogen-bond acceptors (Lipinski definition) is 4. The van der Waals surface area contributed by atoms with E-state index in [9.17, 15) is 4.79 Å². The van der Waals surface area contributed by atoms with Crippen LogP contribution in [-0.4, -0.2) is 22.7 Å². The maximum atomic E-state index is 12.4. The fraction of sp³-hybridized carbons (Fsp3) is 0.182. The van der Waals surface area contributed by atoms with Gasteiger partial charge in [-0.1, -0.05) is 34.1 Å². The summed E-state index contributed by atoms with van der Waals surface area (Å²) in [7, 11) is 1.63. The van der Waals surface area contributed by atoms with Gasteiger partial charge in [0, 0.05) is 22.8 Å². The van der Waals surface area contributed by atoms with Crippen molar-refractivity contribution < 1.29 is 14.3 Å². The van der Waals surface area contributed by atoms with Crippen LogP contribution in [0.25, 0.3) is 6.08 Å². The van der Waals surface area contributed by atoms with Crippen molar-refractivity contribution in [1.82, 2.24) is 9.78 Å². The lowest BCUT2D eigenvalue weighted by atomic mass is 10.1. The Bertz CT molecular complexity index is 995. The molecule has 3 aromatic rings. The van der Waals surface area contributed by atoms with E-state index in [4.69, 9.17) is 9.47 Å². The number of rotatable bonds is 8. The average Bonchev–Trinajstić information content (AvgIpc) is 3.19. The molecule has 0 radical (unpaired) electrons. The lowest BCUT2D eigenvalue weighted by molar-refractivity contribution is 0.103. The summed E-state index contributed by atoms with van der Waals surface area (Å²) >= 11 is 3.44. The van der Waals surface area contributed by atoms with Gasteiger partial charge in [-0.3, -0.25) is 9.48 Å². The lowest BCUT2D eigenvalue weighted by Gasteiger charge is -2.11. The molecule has 1 aromatic heterocycles. The lowest BCUT2D eigenvalue weighted by Crippen LogP contribution is -2.07. The normalized spacial score (nSPS) is 11.0. The molecular formula is C22H21BrN2O3. The number of carbonyl (C=O) groups is 1. The second-order valence-corrected chi connectivity index (χ2v) is 6.96. The monoisotopic (exact) mass is 440 g/mol. The van der Waals surface area contributed by atoms with Gasteiger partial charge in [0.25, 0.3) is 0 Å². The molecule has 0 amide bonds. The van der Waals surface area contributed by atoms with E-state index in [1.165, 1.54) is 0 Å². The van der Waals surface area contributed by atoms with Crippen molar-refractivity contribution in [3.05, 3.63) is 82.1 Å². The molecule has 1 heterocycles. The first-order valence-electron chi connectivity index (χ1n) is 8.90. The molecule has 0 aliphatic heterocycles. The molecule has 0 bridgehead atoms. The van der Waals surface area contributed by atoms with Crippen molar-refractivity contribution in [3.8, 4) is 11.5 Å². The number of nitrogens with zero attached hydrogens (tertiary/aromatic N) is 2. The summed E-state index contributed by atoms with van der Waals surface area (Å²) in [6.45, 7) is 2.97. The molecule has 6 heteroatoms. The number of carbonyl (C=O) groups excluding carboxylic acids is 1. The number of allylic oxidation sites excluding steroid dienone is 1. The van der Waals surface area contributed by atoms with E-state index in [0.29, 0.717) is 18.8 Å². The standard InChI is InChI=1S/C22H21BrN2O3/c1-3-25-20(11-12-24-25)21(26)9-7-16-8-10-22(27-2)17(13-16)15-28-19-6-4-5-18(23)14-19/h4-14H,3,15H2,1-2H3/b9-7+. The smallest absolute Gasteiger partial charge is 0.203 e. The summed E-state index contributed by atoms with van der Waals surface area (Å²) in [6, 6.07) is 15.1. The van der Waals surface area contributed by atoms with Crippen LogP contribution in [0.3, 0.4) is 0 Å². The Kier molecular flexibility index (Phi) is 6.66. The fourth-order valence-electron chi connectivity index (χ4n) is 2.78. The second-order valence-electron chi connectivity index (χ2n) is 6.05. The zero-order chi connectivity index (χ0) is 19.9. The minimum Gasteiger partial charge on any atom is -0.496 e. The van der Waals surface area contributed by atoms with Crippen molar-refractivity contribution in [1.29, 1.82) is 0 Å². The predicted octanol–water partition coefficient (Wildman–Crippen LogP) is 5.15. The van der Waals surface area contributed by atoms with Gasteiger partial charge in [-0.2, -0.15) is 5.10 Å². The average molecular weight is 441 g/mol. The highest BCUT2D eigenvalue weighted by Gasteiger charge is 2.09. The third kappa shape index (κ3) is 4.89. The Morgan fingerprint density at radius 1 is 1.21 bits per heavy atom. The Labute approximate surface area is 172 Å². The molecule has 0 spiro atoms. The molecule has 3 rings (SSSR count). The minimum atomic E-state index is -0.0814. The Balaban J connectivity index is 1.75. The first-order chi connectivity index (χ1) is 13.6. The zero-order valence-electron chi connectivity index (χ0n) is 15.8. The maximum absolute atomic E-state index is 12.4. The number of ketones is 1. The number of benzene rings is 2. The number of ether oxygens (including phenoxy) is 2. The summed E-state index contributed by atoms with van der Waals surface area (Å²) in [5, 5.41) is 4.13. The zero-order valence-corrected chi connectivity index (χ0v) is 17.3. The van der Waals surface area contributed by atoms with Crippen molar-refractivity contribution >= 4 is 27.8 Å². The highest BCUT2D eigenvalue weighted by Crippen LogP contribution is 2.24. The van der Waals surface area contributed by atoms with Crippen molar-refractivity contribution in [2.24, 2.45) is 0 Å². The van der Waals surface area contributed by atoms with Crippen LogP contribution in [-0.2, 0) is 13.2 Å². The maximum Gasteiger partial charge on any atom is 0.203 e. The second kappa shape index (κ2) is 9.37. The number of methoxy groups -OCH3 is 1. The van der Waals surface area contributed by atoms with Crippen LogP contribution < -0.4 is 9.47 Å². The molecule has 0 atom stereocenters. The molecule has 0 fully saturated rings. The Morgan fingerprint density at radius 3 is 2.82 bits per heavy atom. The predicted molar refractivity (Wildman–Crippen MR) is 113 cm³/mol. The van der Waals surface area contributed by atoms with Crippen molar-refractivity contribution in [2.45, 2.75) is 20.1 Å². The molecule has 0 aliphatic rings. The molecule has 0 aliphatic carbocycles. The van der Waals surface area contributed by atoms with E-state index in [0.717, 1.165) is 27.1 Å². The molecule has 0 saturated heterocycles. The van der Waals surface area contributed by atoms with Crippen LogP contribution in [0.5, 0.6) is 11.5 Å². The summed E-state index contributed by atoms with van der Waals surface area (Å²) in [4.78, 5) is 12.4. The van der Waals surface area contributed by atoms with E-state index in [2.05, 4.69) is 21.0 Å². The largest absolute Gasteiger partial charge is 0.496 e. The summed E-state index contributed by atoms with van der Waals surface area (Å²) < 4.78 is 13.9. The van der Waals surface area contributed by atoms with E-state index >= 15 is 0 Å². The van der Waals surface area contributed by atoms with Gasteiger partial charge in [-0.15, -0.1) is 0 Å². The number of hydrogen-bond donors (Lipinski definition) is 0. The van der Waals surface area contributed by atoms with Gasteiger partial charge in [-0.25, -0.2) is 0 Å². The first kappa shape index (κ1) is 19.9. The fourth-order valence-corrected chi connectivity index (χ4v) is 3.16. The van der Waals surface area contributed by atoms with Crippen molar-refractivity contribution in [3.63, 3.8) is 0 Å². The van der Waals surface area contributed by atoms with E-state index in [1.807, 2.05) is 49.4 Å².